The first-order chi connectivity index (χ1) is 12.2. The maximum atomic E-state index is 12.1. The molecule has 0 spiro atoms. The van der Waals surface area contributed by atoms with Gasteiger partial charge < -0.3 is 14.8 Å². The van der Waals surface area contributed by atoms with Gasteiger partial charge in [-0.1, -0.05) is 68.3 Å². The minimum Gasteiger partial charge on any atom is -0.449 e. The highest BCUT2D eigenvalue weighted by Crippen LogP contribution is 2.44. The number of fused-ring (bicyclic) bond motifs is 3. The van der Waals surface area contributed by atoms with Gasteiger partial charge in [-0.05, 0) is 28.7 Å². The third kappa shape index (κ3) is 3.73. The van der Waals surface area contributed by atoms with E-state index in [2.05, 4.69) is 36.5 Å². The predicted octanol–water partition coefficient (Wildman–Crippen LogP) is 4.28. The number of alkyl carbamates (subject to hydrolysis) is 1. The van der Waals surface area contributed by atoms with E-state index in [1.807, 2.05) is 24.3 Å². The Balaban J connectivity index is 1.67. The Bertz CT molecular complexity index is 711. The molecule has 1 aliphatic rings. The molecule has 0 aliphatic heterocycles. The van der Waals surface area contributed by atoms with Gasteiger partial charge in [-0.2, -0.15) is 0 Å². The predicted molar refractivity (Wildman–Crippen MR) is 97.6 cm³/mol. The number of nitrogens with one attached hydrogen (secondary N) is 1. The van der Waals surface area contributed by atoms with Gasteiger partial charge in [-0.3, -0.25) is 0 Å². The lowest BCUT2D eigenvalue weighted by Crippen LogP contribution is -2.37. The number of rotatable bonds is 7. The van der Waals surface area contributed by atoms with E-state index in [0.717, 1.165) is 19.1 Å². The molecule has 3 rings (SSSR count). The van der Waals surface area contributed by atoms with Crippen molar-refractivity contribution in [2.75, 3.05) is 6.61 Å². The molecule has 0 heterocycles. The number of benzene rings is 2. The first-order valence-corrected chi connectivity index (χ1v) is 8.81. The molecule has 130 valence electrons. The van der Waals surface area contributed by atoms with Gasteiger partial charge in [0.05, 0.1) is 6.04 Å². The molecule has 4 heteroatoms. The van der Waals surface area contributed by atoms with Crippen molar-refractivity contribution in [3.05, 3.63) is 59.7 Å². The van der Waals surface area contributed by atoms with Gasteiger partial charge in [0.15, 0.2) is 0 Å². The summed E-state index contributed by atoms with van der Waals surface area (Å²) in [5.74, 6) is 0.0310. The lowest BCUT2D eigenvalue weighted by molar-refractivity contribution is -0.109. The molecule has 4 nitrogen and oxygen atoms in total. The van der Waals surface area contributed by atoms with Crippen LogP contribution in [0.4, 0.5) is 4.79 Å². The van der Waals surface area contributed by atoms with Gasteiger partial charge in [-0.25, -0.2) is 4.79 Å². The zero-order valence-corrected chi connectivity index (χ0v) is 14.4. The van der Waals surface area contributed by atoms with E-state index in [1.165, 1.54) is 22.3 Å². The van der Waals surface area contributed by atoms with Gasteiger partial charge in [0, 0.05) is 5.92 Å². The summed E-state index contributed by atoms with van der Waals surface area (Å²) < 4.78 is 5.44. The van der Waals surface area contributed by atoms with Gasteiger partial charge >= 0.3 is 6.09 Å². The number of carbonyl (C=O) groups excluding carboxylic acids is 2. The van der Waals surface area contributed by atoms with Crippen LogP contribution in [0.1, 0.15) is 43.2 Å². The third-order valence-corrected chi connectivity index (χ3v) is 4.68. The Morgan fingerprint density at radius 2 is 1.72 bits per heavy atom. The first-order valence-electron chi connectivity index (χ1n) is 8.81. The number of unbranched alkanes of at least 4 members (excludes halogenated alkanes) is 1. The van der Waals surface area contributed by atoms with Crippen LogP contribution in [0.3, 0.4) is 0 Å². The molecule has 1 amide bonds. The number of aldehydes is 1. The maximum absolute atomic E-state index is 12.1. The van der Waals surface area contributed by atoms with Crippen molar-refractivity contribution in [1.29, 1.82) is 0 Å². The highest BCUT2D eigenvalue weighted by Gasteiger charge is 2.29. The van der Waals surface area contributed by atoms with Crippen LogP contribution < -0.4 is 5.32 Å². The van der Waals surface area contributed by atoms with Crippen molar-refractivity contribution >= 4 is 12.4 Å². The molecule has 2 aromatic carbocycles. The van der Waals surface area contributed by atoms with Crippen LogP contribution in [0.5, 0.6) is 0 Å². The zero-order valence-electron chi connectivity index (χ0n) is 14.4. The Labute approximate surface area is 148 Å². The summed E-state index contributed by atoms with van der Waals surface area (Å²) in [5, 5.41) is 2.64. The zero-order chi connectivity index (χ0) is 17.6. The van der Waals surface area contributed by atoms with Crippen molar-refractivity contribution in [2.24, 2.45) is 0 Å². The fourth-order valence-corrected chi connectivity index (χ4v) is 3.39. The topological polar surface area (TPSA) is 55.4 Å². The number of amides is 1. The molecule has 25 heavy (non-hydrogen) atoms. The summed E-state index contributed by atoms with van der Waals surface area (Å²) in [7, 11) is 0. The van der Waals surface area contributed by atoms with Gasteiger partial charge in [0.2, 0.25) is 0 Å². The van der Waals surface area contributed by atoms with Crippen LogP contribution in [0.25, 0.3) is 11.1 Å². The van der Waals surface area contributed by atoms with E-state index in [9.17, 15) is 9.59 Å². The van der Waals surface area contributed by atoms with Gasteiger partial charge in [0.25, 0.3) is 0 Å². The minimum atomic E-state index is -0.532. The van der Waals surface area contributed by atoms with E-state index in [4.69, 9.17) is 4.74 Å². The Kier molecular flexibility index (Phi) is 5.49. The smallest absolute Gasteiger partial charge is 0.407 e. The molecule has 1 N–H and O–H groups in total. The van der Waals surface area contributed by atoms with E-state index in [0.29, 0.717) is 6.42 Å². The standard InChI is InChI=1S/C21H23NO3/c1-2-3-8-15(13-23)22-21(24)25-14-20-18-11-6-4-9-16(18)17-10-5-7-12-19(17)20/h4-7,9-13,15,20H,2-3,8,14H2,1H3,(H,22,24). The molecule has 0 saturated heterocycles. The number of ether oxygens (including phenoxy) is 1. The summed E-state index contributed by atoms with van der Waals surface area (Å²) in [6.45, 7) is 2.31. The number of hydrogen-bond donors (Lipinski definition) is 1. The van der Waals surface area contributed by atoms with Crippen LogP contribution in [0.2, 0.25) is 0 Å². The summed E-state index contributed by atoms with van der Waals surface area (Å²) in [6.07, 6.45) is 2.76. The second-order valence-electron chi connectivity index (χ2n) is 6.35. The normalized spacial score (nSPS) is 13.6. The second kappa shape index (κ2) is 7.97. The molecule has 1 atom stereocenters. The van der Waals surface area contributed by atoms with Crippen molar-refractivity contribution in [1.82, 2.24) is 5.32 Å². The fourth-order valence-electron chi connectivity index (χ4n) is 3.39. The average molecular weight is 337 g/mol. The Hall–Kier alpha value is -2.62. The summed E-state index contributed by atoms with van der Waals surface area (Å²) in [6, 6.07) is 15.9. The molecule has 0 aromatic heterocycles. The SMILES string of the molecule is CCCCC(C=O)NC(=O)OCC1c2ccccc2-c2ccccc21. The van der Waals surface area contributed by atoms with Crippen LogP contribution >= 0.6 is 0 Å². The lowest BCUT2D eigenvalue weighted by atomic mass is 9.98. The first kappa shape index (κ1) is 17.2. The third-order valence-electron chi connectivity index (χ3n) is 4.68. The van der Waals surface area contributed by atoms with Crippen molar-refractivity contribution in [2.45, 2.75) is 38.1 Å². The van der Waals surface area contributed by atoms with E-state index in [1.54, 1.807) is 0 Å². The molecular formula is C21H23NO3. The molecule has 0 saturated carbocycles. The van der Waals surface area contributed by atoms with E-state index in [-0.39, 0.29) is 12.5 Å². The largest absolute Gasteiger partial charge is 0.449 e. The highest BCUT2D eigenvalue weighted by atomic mass is 16.5. The second-order valence-corrected chi connectivity index (χ2v) is 6.35. The van der Waals surface area contributed by atoms with Crippen LogP contribution in [0, 0.1) is 0 Å². The monoisotopic (exact) mass is 337 g/mol. The van der Waals surface area contributed by atoms with Crippen LogP contribution in [-0.4, -0.2) is 25.0 Å². The molecule has 1 unspecified atom stereocenters. The maximum Gasteiger partial charge on any atom is 0.407 e. The van der Waals surface area contributed by atoms with Crippen molar-refractivity contribution < 1.29 is 14.3 Å². The Morgan fingerprint density at radius 1 is 1.12 bits per heavy atom. The Morgan fingerprint density at radius 3 is 2.28 bits per heavy atom. The van der Waals surface area contributed by atoms with Gasteiger partial charge in [0.1, 0.15) is 12.9 Å². The number of hydrogen-bond acceptors (Lipinski definition) is 3. The number of carbonyl (C=O) groups is 2. The van der Waals surface area contributed by atoms with E-state index >= 15 is 0 Å². The molecule has 2 aromatic rings. The van der Waals surface area contributed by atoms with Gasteiger partial charge in [-0.15, -0.1) is 0 Å². The van der Waals surface area contributed by atoms with Crippen LogP contribution in [0.15, 0.2) is 48.5 Å². The summed E-state index contributed by atoms with van der Waals surface area (Å²) >= 11 is 0. The quantitative estimate of drug-likeness (QED) is 0.767. The highest BCUT2D eigenvalue weighted by molar-refractivity contribution is 5.79. The fraction of sp³-hybridized carbons (Fsp3) is 0.333. The van der Waals surface area contributed by atoms with Crippen molar-refractivity contribution in [3.8, 4) is 11.1 Å². The van der Waals surface area contributed by atoms with Crippen LogP contribution in [-0.2, 0) is 9.53 Å². The van der Waals surface area contributed by atoms with E-state index < -0.39 is 12.1 Å². The lowest BCUT2D eigenvalue weighted by Gasteiger charge is -2.16. The minimum absolute atomic E-state index is 0.0310. The van der Waals surface area contributed by atoms with Crippen molar-refractivity contribution in [3.63, 3.8) is 0 Å². The summed E-state index contributed by atoms with van der Waals surface area (Å²) in [4.78, 5) is 23.1. The average Bonchev–Trinajstić information content (AvgIpc) is 2.97. The summed E-state index contributed by atoms with van der Waals surface area (Å²) in [5.41, 5.74) is 4.74. The molecule has 1 aliphatic carbocycles. The molecule has 0 radical (unpaired) electrons. The molecular weight excluding hydrogens is 314 g/mol. The molecule has 0 fully saturated rings. The molecule has 0 bridgehead atoms.